The van der Waals surface area contributed by atoms with Crippen molar-refractivity contribution < 1.29 is 4.74 Å². The number of benzene rings is 1. The van der Waals surface area contributed by atoms with Gasteiger partial charge in [-0.25, -0.2) is 0 Å². The lowest BCUT2D eigenvalue weighted by Gasteiger charge is -2.32. The molecule has 0 amide bonds. The van der Waals surface area contributed by atoms with Crippen LogP contribution in [0.3, 0.4) is 0 Å². The van der Waals surface area contributed by atoms with Crippen molar-refractivity contribution in [1.82, 2.24) is 0 Å². The van der Waals surface area contributed by atoms with Crippen molar-refractivity contribution in [2.45, 2.75) is 18.4 Å². The molecule has 1 aromatic rings. The van der Waals surface area contributed by atoms with Crippen LogP contribution in [0.1, 0.15) is 29.6 Å². The topological polar surface area (TPSA) is 9.23 Å². The van der Waals surface area contributed by atoms with E-state index < -0.39 is 0 Å². The van der Waals surface area contributed by atoms with Crippen molar-refractivity contribution in [2.24, 2.45) is 0 Å². The summed E-state index contributed by atoms with van der Waals surface area (Å²) in [6.07, 6.45) is 1.67. The Balaban J connectivity index is 2.13. The number of hydrogen-bond donors (Lipinski definition) is 0. The molecule has 1 saturated heterocycles. The maximum atomic E-state index is 5.58. The van der Waals surface area contributed by atoms with Crippen LogP contribution in [0, 0.1) is 0 Å². The average molecular weight is 146 g/mol. The van der Waals surface area contributed by atoms with E-state index >= 15 is 0 Å². The Morgan fingerprint density at radius 1 is 1.18 bits per heavy atom. The predicted molar refractivity (Wildman–Crippen MR) is 42.5 cm³/mol. The molecular formula is C10H10O. The molecule has 2 aliphatic rings. The average Bonchev–Trinajstić information content (AvgIpc) is 2.44. The third-order valence-electron chi connectivity index (χ3n) is 2.79. The third-order valence-corrected chi connectivity index (χ3v) is 2.79. The highest BCUT2D eigenvalue weighted by Gasteiger charge is 2.41. The summed E-state index contributed by atoms with van der Waals surface area (Å²) in [5.74, 6) is 0.728. The SMILES string of the molecule is c1ccc2c(c1)C1CCOC21. The molecule has 1 heteroatoms. The van der Waals surface area contributed by atoms with Crippen molar-refractivity contribution in [2.75, 3.05) is 6.61 Å². The minimum atomic E-state index is 0.450. The van der Waals surface area contributed by atoms with Gasteiger partial charge in [0.1, 0.15) is 0 Å². The van der Waals surface area contributed by atoms with E-state index in [0.717, 1.165) is 12.5 Å². The van der Waals surface area contributed by atoms with Crippen LogP contribution in [-0.2, 0) is 4.74 Å². The molecule has 11 heavy (non-hydrogen) atoms. The van der Waals surface area contributed by atoms with Crippen LogP contribution in [0.2, 0.25) is 0 Å². The molecule has 56 valence electrons. The number of ether oxygens (including phenoxy) is 1. The predicted octanol–water partition coefficient (Wildman–Crippen LogP) is 2.25. The monoisotopic (exact) mass is 146 g/mol. The lowest BCUT2D eigenvalue weighted by Crippen LogP contribution is -2.19. The summed E-state index contributed by atoms with van der Waals surface area (Å²) in [6, 6.07) is 8.62. The van der Waals surface area contributed by atoms with E-state index in [4.69, 9.17) is 4.74 Å². The second kappa shape index (κ2) is 1.86. The first-order valence-electron chi connectivity index (χ1n) is 4.17. The molecule has 0 aromatic heterocycles. The summed E-state index contributed by atoms with van der Waals surface area (Å²) in [4.78, 5) is 0. The van der Waals surface area contributed by atoms with Crippen molar-refractivity contribution in [3.8, 4) is 0 Å². The van der Waals surface area contributed by atoms with Gasteiger partial charge in [0.05, 0.1) is 6.10 Å². The quantitative estimate of drug-likeness (QED) is 0.545. The van der Waals surface area contributed by atoms with Crippen molar-refractivity contribution >= 4 is 0 Å². The van der Waals surface area contributed by atoms with E-state index in [0.29, 0.717) is 6.10 Å². The standard InChI is InChI=1S/C10H10O/c1-2-4-8-7(3-1)9-5-6-11-10(8)9/h1-4,9-10H,5-6H2. The van der Waals surface area contributed by atoms with E-state index in [2.05, 4.69) is 24.3 Å². The summed E-state index contributed by atoms with van der Waals surface area (Å²) in [5, 5.41) is 0. The summed E-state index contributed by atoms with van der Waals surface area (Å²) < 4.78 is 5.58. The van der Waals surface area contributed by atoms with Crippen molar-refractivity contribution in [3.05, 3.63) is 35.4 Å². The lowest BCUT2D eigenvalue weighted by molar-refractivity contribution is 0.0884. The van der Waals surface area contributed by atoms with Crippen molar-refractivity contribution in [3.63, 3.8) is 0 Å². The molecule has 3 rings (SSSR count). The van der Waals surface area contributed by atoms with E-state index in [1.807, 2.05) is 0 Å². The van der Waals surface area contributed by atoms with Gasteiger partial charge in [0.15, 0.2) is 0 Å². The summed E-state index contributed by atoms with van der Waals surface area (Å²) in [6.45, 7) is 0.948. The minimum absolute atomic E-state index is 0.450. The molecule has 0 radical (unpaired) electrons. The highest BCUT2D eigenvalue weighted by molar-refractivity contribution is 5.43. The van der Waals surface area contributed by atoms with Crippen LogP contribution in [0.15, 0.2) is 24.3 Å². The normalized spacial score (nSPS) is 32.4. The van der Waals surface area contributed by atoms with Crippen LogP contribution in [-0.4, -0.2) is 6.61 Å². The second-order valence-corrected chi connectivity index (χ2v) is 3.32. The number of fused-ring (bicyclic) bond motifs is 4. The van der Waals surface area contributed by atoms with E-state index in [-0.39, 0.29) is 0 Å². The number of rotatable bonds is 0. The molecule has 1 aliphatic heterocycles. The molecule has 0 N–H and O–H groups in total. The van der Waals surface area contributed by atoms with E-state index in [1.165, 1.54) is 17.5 Å². The van der Waals surface area contributed by atoms with E-state index in [9.17, 15) is 0 Å². The van der Waals surface area contributed by atoms with Gasteiger partial charge in [-0.3, -0.25) is 0 Å². The molecule has 0 bridgehead atoms. The molecule has 0 spiro atoms. The van der Waals surface area contributed by atoms with Gasteiger partial charge in [-0.1, -0.05) is 24.3 Å². The maximum Gasteiger partial charge on any atom is 0.0897 e. The van der Waals surface area contributed by atoms with Gasteiger partial charge in [0, 0.05) is 12.5 Å². The van der Waals surface area contributed by atoms with Crippen LogP contribution in [0.25, 0.3) is 0 Å². The zero-order chi connectivity index (χ0) is 7.26. The molecule has 2 unspecified atom stereocenters. The summed E-state index contributed by atoms with van der Waals surface area (Å²) in [7, 11) is 0. The fourth-order valence-electron chi connectivity index (χ4n) is 2.23. The largest absolute Gasteiger partial charge is 0.373 e. The summed E-state index contributed by atoms with van der Waals surface area (Å²) in [5.41, 5.74) is 2.95. The van der Waals surface area contributed by atoms with Crippen molar-refractivity contribution in [1.29, 1.82) is 0 Å². The molecule has 1 nitrogen and oxygen atoms in total. The Morgan fingerprint density at radius 2 is 2.00 bits per heavy atom. The van der Waals surface area contributed by atoms with Crippen LogP contribution >= 0.6 is 0 Å². The van der Waals surface area contributed by atoms with Gasteiger partial charge in [0.2, 0.25) is 0 Å². The lowest BCUT2D eigenvalue weighted by atomic mass is 9.75. The van der Waals surface area contributed by atoms with Crippen LogP contribution in [0.5, 0.6) is 0 Å². The first-order chi connectivity index (χ1) is 5.47. The highest BCUT2D eigenvalue weighted by atomic mass is 16.5. The molecule has 0 saturated carbocycles. The molecule has 1 aromatic carbocycles. The highest BCUT2D eigenvalue weighted by Crippen LogP contribution is 2.52. The van der Waals surface area contributed by atoms with Gasteiger partial charge in [-0.05, 0) is 17.5 Å². The van der Waals surface area contributed by atoms with Crippen LogP contribution in [0.4, 0.5) is 0 Å². The molecular weight excluding hydrogens is 136 g/mol. The number of hydrogen-bond acceptors (Lipinski definition) is 1. The molecule has 1 fully saturated rings. The zero-order valence-corrected chi connectivity index (χ0v) is 6.29. The van der Waals surface area contributed by atoms with Gasteiger partial charge in [-0.2, -0.15) is 0 Å². The molecule has 2 atom stereocenters. The Morgan fingerprint density at radius 3 is 2.91 bits per heavy atom. The first kappa shape index (κ1) is 5.78. The fraction of sp³-hybridized carbons (Fsp3) is 0.400. The van der Waals surface area contributed by atoms with Gasteiger partial charge in [-0.15, -0.1) is 0 Å². The van der Waals surface area contributed by atoms with E-state index in [1.54, 1.807) is 0 Å². The maximum absolute atomic E-state index is 5.58. The molecule has 1 aliphatic carbocycles. The zero-order valence-electron chi connectivity index (χ0n) is 6.29. The molecule has 1 heterocycles. The smallest absolute Gasteiger partial charge is 0.0897 e. The Kier molecular flexibility index (Phi) is 0.977. The van der Waals surface area contributed by atoms with Gasteiger partial charge < -0.3 is 4.74 Å². The third kappa shape index (κ3) is 0.596. The van der Waals surface area contributed by atoms with Gasteiger partial charge in [0.25, 0.3) is 0 Å². The Hall–Kier alpha value is -0.820. The first-order valence-corrected chi connectivity index (χ1v) is 4.17. The summed E-state index contributed by atoms with van der Waals surface area (Å²) >= 11 is 0. The minimum Gasteiger partial charge on any atom is -0.373 e. The Labute approximate surface area is 66.0 Å². The fourth-order valence-corrected chi connectivity index (χ4v) is 2.23. The Bertz CT molecular complexity index is 264. The second-order valence-electron chi connectivity index (χ2n) is 3.32. The van der Waals surface area contributed by atoms with Gasteiger partial charge >= 0.3 is 0 Å². The van der Waals surface area contributed by atoms with Crippen LogP contribution < -0.4 is 0 Å².